The van der Waals surface area contributed by atoms with Crippen LogP contribution in [0, 0.1) is 11.9 Å². The number of nitrogens with zero attached hydrogens (tertiary/aromatic N) is 2. The third kappa shape index (κ3) is 4.78. The summed E-state index contributed by atoms with van der Waals surface area (Å²) in [5.74, 6) is -4.54. The van der Waals surface area contributed by atoms with Crippen molar-refractivity contribution in [1.82, 2.24) is 9.88 Å². The van der Waals surface area contributed by atoms with Crippen LogP contribution in [0.15, 0.2) is 66.7 Å². The van der Waals surface area contributed by atoms with Gasteiger partial charge in [0.2, 0.25) is 0 Å². The Bertz CT molecular complexity index is 1250. The first-order valence-electron chi connectivity index (χ1n) is 10.3. The zero-order valence-corrected chi connectivity index (χ0v) is 19.9. The SMILES string of the molecule is CN1CC(c2ccc(C(F)(F)F)cc2)C([Se]c2ccccc2)(C(=O)Nc2ccc(F)nc2F)C1=O. The van der Waals surface area contributed by atoms with Gasteiger partial charge < -0.3 is 0 Å². The van der Waals surface area contributed by atoms with Crippen molar-refractivity contribution in [3.8, 4) is 0 Å². The molecule has 2 unspecified atom stereocenters. The molecule has 1 aliphatic rings. The molecule has 2 aromatic carbocycles. The van der Waals surface area contributed by atoms with E-state index in [4.69, 9.17) is 0 Å². The van der Waals surface area contributed by atoms with Crippen molar-refractivity contribution in [1.29, 1.82) is 0 Å². The first-order chi connectivity index (χ1) is 16.5. The van der Waals surface area contributed by atoms with Gasteiger partial charge in [-0.3, -0.25) is 0 Å². The van der Waals surface area contributed by atoms with E-state index in [1.165, 1.54) is 24.1 Å². The number of carbonyl (C=O) groups excluding carboxylic acids is 2. The first kappa shape index (κ1) is 24.8. The van der Waals surface area contributed by atoms with Crippen LogP contribution in [0.4, 0.5) is 27.6 Å². The minimum absolute atomic E-state index is 0.0658. The molecule has 35 heavy (non-hydrogen) atoms. The number of carbonyl (C=O) groups is 2. The molecule has 0 spiro atoms. The summed E-state index contributed by atoms with van der Waals surface area (Å²) in [5, 5.41) is 2.37. The van der Waals surface area contributed by atoms with Gasteiger partial charge in [-0.2, -0.15) is 0 Å². The molecule has 2 amide bonds. The molecule has 3 aromatic rings. The van der Waals surface area contributed by atoms with Crippen LogP contribution >= 0.6 is 0 Å². The van der Waals surface area contributed by atoms with Crippen LogP contribution in [-0.2, 0) is 15.8 Å². The fraction of sp³-hybridized carbons (Fsp3) is 0.208. The van der Waals surface area contributed by atoms with E-state index in [-0.39, 0.29) is 6.54 Å². The van der Waals surface area contributed by atoms with Crippen molar-refractivity contribution in [2.75, 3.05) is 18.9 Å². The van der Waals surface area contributed by atoms with Gasteiger partial charge >= 0.3 is 203 Å². The predicted octanol–water partition coefficient (Wildman–Crippen LogP) is 3.76. The Hall–Kier alpha value is -3.30. The number of benzene rings is 2. The number of nitrogens with one attached hydrogen (secondary N) is 1. The van der Waals surface area contributed by atoms with Gasteiger partial charge in [0, 0.05) is 0 Å². The van der Waals surface area contributed by atoms with Gasteiger partial charge in [-0.1, -0.05) is 0 Å². The van der Waals surface area contributed by atoms with Crippen LogP contribution in [0.25, 0.3) is 0 Å². The second-order valence-corrected chi connectivity index (χ2v) is 10.7. The van der Waals surface area contributed by atoms with Crippen LogP contribution in [0.3, 0.4) is 0 Å². The molecule has 2 atom stereocenters. The molecule has 0 bridgehead atoms. The first-order valence-corrected chi connectivity index (χ1v) is 12.0. The molecule has 4 rings (SSSR count). The van der Waals surface area contributed by atoms with Gasteiger partial charge in [-0.05, 0) is 0 Å². The molecular formula is C24H18F5N3O2Se. The fourth-order valence-corrected chi connectivity index (χ4v) is 6.92. The van der Waals surface area contributed by atoms with Crippen molar-refractivity contribution >= 4 is 36.9 Å². The number of likely N-dealkylation sites (N-methyl/N-ethyl adjacent to an activating group) is 1. The van der Waals surface area contributed by atoms with Gasteiger partial charge in [0.1, 0.15) is 0 Å². The van der Waals surface area contributed by atoms with Crippen LogP contribution in [0.1, 0.15) is 17.0 Å². The van der Waals surface area contributed by atoms with Gasteiger partial charge in [0.25, 0.3) is 0 Å². The van der Waals surface area contributed by atoms with Gasteiger partial charge in [-0.25, -0.2) is 0 Å². The standard InChI is InChI=1S/C24H18F5N3O2Se/c1-32-13-17(14-7-9-15(10-8-14)24(27,28)29)23(22(32)34,35-16-5-3-2-4-6-16)21(33)30-18-11-12-19(25)31-20(18)26/h2-12,17H,13H2,1H3,(H,30,33). The summed E-state index contributed by atoms with van der Waals surface area (Å²) in [5.41, 5.74) is -0.906. The summed E-state index contributed by atoms with van der Waals surface area (Å²) >= 11 is -0.850. The Kier molecular flexibility index (Phi) is 6.66. The zero-order valence-electron chi connectivity index (χ0n) is 18.1. The van der Waals surface area contributed by atoms with E-state index >= 15 is 0 Å². The Morgan fingerprint density at radius 2 is 1.71 bits per heavy atom. The summed E-state index contributed by atoms with van der Waals surface area (Å²) in [6, 6.07) is 14.9. The van der Waals surface area contributed by atoms with E-state index in [1.807, 2.05) is 0 Å². The molecule has 1 N–H and O–H groups in total. The van der Waals surface area contributed by atoms with E-state index in [1.54, 1.807) is 30.3 Å². The maximum absolute atomic E-state index is 14.2. The van der Waals surface area contributed by atoms with Gasteiger partial charge in [0.15, 0.2) is 0 Å². The quantitative estimate of drug-likeness (QED) is 0.226. The second-order valence-electron chi connectivity index (χ2n) is 7.94. The number of aromatic nitrogens is 1. The zero-order chi connectivity index (χ0) is 25.4. The fourth-order valence-electron chi connectivity index (χ4n) is 3.97. The minimum atomic E-state index is -4.55. The third-order valence-electron chi connectivity index (χ3n) is 5.67. The van der Waals surface area contributed by atoms with Crippen molar-refractivity contribution in [2.45, 2.75) is 16.4 Å². The summed E-state index contributed by atoms with van der Waals surface area (Å²) in [7, 11) is 1.50. The normalized spacial score (nSPS) is 20.2. The van der Waals surface area contributed by atoms with Gasteiger partial charge in [0.05, 0.1) is 0 Å². The van der Waals surface area contributed by atoms with Crippen LogP contribution in [0.2, 0.25) is 4.31 Å². The van der Waals surface area contributed by atoms with Crippen molar-refractivity contribution < 1.29 is 31.5 Å². The molecule has 0 aliphatic carbocycles. The van der Waals surface area contributed by atoms with Crippen molar-refractivity contribution in [2.24, 2.45) is 0 Å². The summed E-state index contributed by atoms with van der Waals surface area (Å²) in [6.45, 7) is 0.0658. The average molecular weight is 554 g/mol. The Labute approximate surface area is 203 Å². The molecule has 0 radical (unpaired) electrons. The number of anilines is 1. The molecule has 1 saturated heterocycles. The van der Waals surface area contributed by atoms with E-state index < -0.39 is 66.3 Å². The van der Waals surface area contributed by atoms with Crippen LogP contribution < -0.4 is 9.78 Å². The molecule has 2 heterocycles. The summed E-state index contributed by atoms with van der Waals surface area (Å²) in [6.07, 6.45) is -4.55. The molecule has 1 aliphatic heterocycles. The van der Waals surface area contributed by atoms with E-state index in [2.05, 4.69) is 10.3 Å². The van der Waals surface area contributed by atoms with Crippen LogP contribution in [0.5, 0.6) is 0 Å². The van der Waals surface area contributed by atoms with Gasteiger partial charge in [-0.15, -0.1) is 0 Å². The number of hydrogen-bond acceptors (Lipinski definition) is 3. The molecule has 1 fully saturated rings. The molecule has 182 valence electrons. The molecule has 11 heteroatoms. The topological polar surface area (TPSA) is 62.3 Å². The number of amides is 2. The Morgan fingerprint density at radius 3 is 2.31 bits per heavy atom. The van der Waals surface area contributed by atoms with E-state index in [0.29, 0.717) is 10.0 Å². The Balaban J connectivity index is 1.81. The number of likely N-dealkylation sites (tertiary alicyclic amines) is 1. The van der Waals surface area contributed by atoms with Crippen molar-refractivity contribution in [3.63, 3.8) is 0 Å². The number of halogens is 5. The average Bonchev–Trinajstić information content (AvgIpc) is 3.07. The number of alkyl halides is 3. The third-order valence-corrected chi connectivity index (χ3v) is 8.77. The van der Waals surface area contributed by atoms with E-state index in [0.717, 1.165) is 24.3 Å². The van der Waals surface area contributed by atoms with Crippen molar-refractivity contribution in [3.05, 3.63) is 89.8 Å². The monoisotopic (exact) mass is 555 g/mol. The molecule has 1 aromatic heterocycles. The molecular weight excluding hydrogens is 536 g/mol. The van der Waals surface area contributed by atoms with Crippen LogP contribution in [-0.4, -0.2) is 50.2 Å². The molecule has 5 nitrogen and oxygen atoms in total. The number of pyridine rings is 1. The second kappa shape index (κ2) is 9.39. The maximum atomic E-state index is 14.2. The predicted molar refractivity (Wildman–Crippen MR) is 119 cm³/mol. The van der Waals surface area contributed by atoms with E-state index in [9.17, 15) is 31.5 Å². The summed E-state index contributed by atoms with van der Waals surface area (Å²) < 4.78 is 65.8. The summed E-state index contributed by atoms with van der Waals surface area (Å²) in [4.78, 5) is 31.7. The number of hydrogen-bond donors (Lipinski definition) is 1. The Morgan fingerprint density at radius 1 is 1.06 bits per heavy atom. The number of rotatable bonds is 5. The molecule has 0 saturated carbocycles.